The number of hydrogen-bond acceptors (Lipinski definition) is 4. The average Bonchev–Trinajstić information content (AvgIpc) is 3.11. The maximum absolute atomic E-state index is 11.6. The van der Waals surface area contributed by atoms with Crippen molar-refractivity contribution in [3.05, 3.63) is 12.2 Å². The van der Waals surface area contributed by atoms with Gasteiger partial charge in [0, 0.05) is 12.3 Å². The fraction of sp³-hybridized carbons (Fsp3) is 0.909. The van der Waals surface area contributed by atoms with Crippen molar-refractivity contribution in [2.45, 2.75) is 174 Å². The lowest BCUT2D eigenvalue weighted by atomic mass is 9.81. The van der Waals surface area contributed by atoms with Crippen molar-refractivity contribution < 1.29 is 18.8 Å². The first-order chi connectivity index (χ1) is 18.0. The van der Waals surface area contributed by atoms with Crippen molar-refractivity contribution in [1.29, 1.82) is 0 Å². The molecule has 230 valence electrons. The van der Waals surface area contributed by atoms with Crippen molar-refractivity contribution in [2.24, 2.45) is 17.8 Å². The molecule has 0 amide bonds. The van der Waals surface area contributed by atoms with Crippen molar-refractivity contribution in [3.8, 4) is 0 Å². The van der Waals surface area contributed by atoms with Gasteiger partial charge in [-0.15, -0.1) is 0 Å². The van der Waals surface area contributed by atoms with E-state index in [0.29, 0.717) is 24.2 Å². The van der Waals surface area contributed by atoms with Gasteiger partial charge in [-0.2, -0.15) is 0 Å². The van der Waals surface area contributed by atoms with Crippen LogP contribution in [0.15, 0.2) is 12.2 Å². The first-order valence-corrected chi connectivity index (χ1v) is 22.0. The topological polar surface area (TPSA) is 55.8 Å². The Bertz CT molecular complexity index is 720. The van der Waals surface area contributed by atoms with Gasteiger partial charge in [0.25, 0.3) is 6.47 Å². The third-order valence-corrected chi connectivity index (χ3v) is 18.4. The zero-order valence-corrected chi connectivity index (χ0v) is 29.8. The molecule has 0 unspecified atom stereocenters. The lowest BCUT2D eigenvalue weighted by Gasteiger charge is -2.41. The van der Waals surface area contributed by atoms with E-state index in [1.807, 2.05) is 0 Å². The van der Waals surface area contributed by atoms with Gasteiger partial charge in [0.15, 0.2) is 16.6 Å². The quantitative estimate of drug-likeness (QED) is 0.0712. The van der Waals surface area contributed by atoms with E-state index in [1.54, 1.807) is 0 Å². The Morgan fingerprint density at radius 2 is 1.54 bits per heavy atom. The molecule has 1 saturated carbocycles. The second kappa shape index (κ2) is 16.3. The molecule has 6 heteroatoms. The number of allylic oxidation sites excluding steroid dienone is 2. The molecule has 0 aromatic rings. The van der Waals surface area contributed by atoms with E-state index in [1.165, 1.54) is 38.5 Å². The van der Waals surface area contributed by atoms with E-state index >= 15 is 0 Å². The molecule has 1 aliphatic rings. The molecule has 0 bridgehead atoms. The second-order valence-corrected chi connectivity index (χ2v) is 24.4. The molecule has 5 atom stereocenters. The van der Waals surface area contributed by atoms with E-state index in [9.17, 15) is 9.59 Å². The molecule has 1 fully saturated rings. The van der Waals surface area contributed by atoms with Gasteiger partial charge in [0.05, 0.1) is 6.10 Å². The Labute approximate surface area is 245 Å². The van der Waals surface area contributed by atoms with Gasteiger partial charge in [-0.1, -0.05) is 106 Å². The minimum Gasteiger partial charge on any atom is -0.464 e. The van der Waals surface area contributed by atoms with Gasteiger partial charge in [-0.25, -0.2) is 0 Å². The maximum Gasteiger partial charge on any atom is 0.293 e. The van der Waals surface area contributed by atoms with Crippen LogP contribution in [-0.2, 0) is 14.0 Å². The van der Waals surface area contributed by atoms with E-state index in [2.05, 4.69) is 86.8 Å². The Kier molecular flexibility index (Phi) is 15.3. The highest BCUT2D eigenvalue weighted by Crippen LogP contribution is 2.48. The van der Waals surface area contributed by atoms with E-state index in [0.717, 1.165) is 38.5 Å². The van der Waals surface area contributed by atoms with Crippen LogP contribution in [0.5, 0.6) is 0 Å². The number of carbonyl (C=O) groups excluding carboxylic acids is 1. The number of ether oxygens (including phenoxy) is 1. The minimum atomic E-state index is -2.27. The number of rotatable bonds is 19. The monoisotopic (exact) mass is 582 g/mol. The summed E-state index contributed by atoms with van der Waals surface area (Å²) < 4.78 is 12.9. The van der Waals surface area contributed by atoms with Crippen LogP contribution in [0.1, 0.15) is 126 Å². The summed E-state index contributed by atoms with van der Waals surface area (Å²) in [6.07, 6.45) is 18.4. The smallest absolute Gasteiger partial charge is 0.293 e. The molecular formula is C33H66O4Si2. The van der Waals surface area contributed by atoms with Crippen LogP contribution in [0.3, 0.4) is 0 Å². The van der Waals surface area contributed by atoms with Crippen LogP contribution in [0.25, 0.3) is 0 Å². The molecule has 1 aliphatic carbocycles. The summed E-state index contributed by atoms with van der Waals surface area (Å²) in [5, 5.41) is 0.127. The van der Waals surface area contributed by atoms with E-state index in [-0.39, 0.29) is 22.3 Å². The molecule has 1 rings (SSSR count). The van der Waals surface area contributed by atoms with Crippen LogP contribution >= 0.6 is 0 Å². The highest BCUT2D eigenvalue weighted by atomic mass is 28.4. The van der Waals surface area contributed by atoms with Gasteiger partial charge in [-0.3, -0.25) is 4.79 Å². The summed E-state index contributed by atoms with van der Waals surface area (Å²) in [6.45, 7) is 25.5. The maximum atomic E-state index is 11.6. The lowest BCUT2D eigenvalue weighted by molar-refractivity contribution is -0.135. The predicted molar refractivity (Wildman–Crippen MR) is 173 cm³/mol. The molecule has 0 aromatic heterocycles. The first-order valence-electron chi connectivity index (χ1n) is 16.1. The zero-order valence-electron chi connectivity index (χ0n) is 27.8. The molecular weight excluding hydrogens is 517 g/mol. The Hall–Kier alpha value is -0.436. The van der Waals surface area contributed by atoms with Crippen molar-refractivity contribution in [2.75, 3.05) is 0 Å². The Morgan fingerprint density at radius 3 is 2.08 bits per heavy atom. The Balaban J connectivity index is 3.24. The zero-order chi connectivity index (χ0) is 29.9. The van der Waals surface area contributed by atoms with Gasteiger partial charge in [0.1, 0.15) is 6.10 Å². The average molecular weight is 583 g/mol. The standard InChI is InChI=1S/C33H66O4Si2/c1-12-14-16-17-19-21-28-29(31(24-30(28)36-26-34)37-39(10,11)32(3,4)5)23-22-27(20-18-15-13-2)25-33(6,7)38(8,9)35/h17,19,26-31,35H,12-16,18,20-25H2,1-11H3/b19-17-/t27-,28+,29+,30-,31+/m0/s1. The molecule has 0 radical (unpaired) electrons. The fourth-order valence-electron chi connectivity index (χ4n) is 5.90. The minimum absolute atomic E-state index is 0.0127. The fourth-order valence-corrected chi connectivity index (χ4v) is 8.07. The molecule has 39 heavy (non-hydrogen) atoms. The van der Waals surface area contributed by atoms with Crippen LogP contribution in [0.4, 0.5) is 0 Å². The lowest BCUT2D eigenvalue weighted by Crippen LogP contribution is -2.45. The van der Waals surface area contributed by atoms with Crippen LogP contribution in [0, 0.1) is 17.8 Å². The third-order valence-electron chi connectivity index (χ3n) is 10.3. The molecule has 0 aromatic carbocycles. The van der Waals surface area contributed by atoms with Gasteiger partial charge in [-0.05, 0) is 73.8 Å². The van der Waals surface area contributed by atoms with Crippen molar-refractivity contribution >= 4 is 23.1 Å². The number of unbranched alkanes of at least 4 members (excludes halogenated alkanes) is 4. The molecule has 0 heterocycles. The SMILES string of the molecule is CCCC/C=C\C[C@@H]1[C@@H](CC[C@H](CCCCC)CC(C)(C)[Si](C)(C)O)[C@H](O[Si](C)(C)C(C)(C)C)C[C@@H]1OC=O. The summed E-state index contributed by atoms with van der Waals surface area (Å²) >= 11 is 0. The molecule has 0 saturated heterocycles. The first kappa shape index (κ1) is 36.6. The summed E-state index contributed by atoms with van der Waals surface area (Å²) in [5.74, 6) is 1.29. The Morgan fingerprint density at radius 1 is 0.897 bits per heavy atom. The van der Waals surface area contributed by atoms with Gasteiger partial charge in [0.2, 0.25) is 0 Å². The molecule has 4 nitrogen and oxygen atoms in total. The summed E-state index contributed by atoms with van der Waals surface area (Å²) in [7, 11) is -4.25. The summed E-state index contributed by atoms with van der Waals surface area (Å²) in [5.41, 5.74) is 0. The number of carbonyl (C=O) groups is 1. The molecule has 1 N–H and O–H groups in total. The van der Waals surface area contributed by atoms with Gasteiger partial charge >= 0.3 is 0 Å². The highest BCUT2D eigenvalue weighted by molar-refractivity contribution is 6.74. The molecule has 0 spiro atoms. The van der Waals surface area contributed by atoms with E-state index < -0.39 is 16.6 Å². The van der Waals surface area contributed by atoms with Crippen LogP contribution < -0.4 is 0 Å². The second-order valence-electron chi connectivity index (χ2n) is 15.2. The normalized spacial score (nSPS) is 23.9. The predicted octanol–water partition coefficient (Wildman–Crippen LogP) is 10.0. The van der Waals surface area contributed by atoms with Crippen LogP contribution in [0.2, 0.25) is 36.3 Å². The summed E-state index contributed by atoms with van der Waals surface area (Å²) in [6, 6.07) is 0. The highest BCUT2D eigenvalue weighted by Gasteiger charge is 2.49. The number of hydrogen-bond donors (Lipinski definition) is 1. The van der Waals surface area contributed by atoms with Gasteiger partial charge < -0.3 is 14.0 Å². The summed E-state index contributed by atoms with van der Waals surface area (Å²) in [4.78, 5) is 22.6. The van der Waals surface area contributed by atoms with E-state index in [4.69, 9.17) is 9.16 Å². The third kappa shape index (κ3) is 11.8. The van der Waals surface area contributed by atoms with Crippen molar-refractivity contribution in [3.63, 3.8) is 0 Å². The van der Waals surface area contributed by atoms with Crippen molar-refractivity contribution in [1.82, 2.24) is 0 Å². The largest absolute Gasteiger partial charge is 0.464 e. The van der Waals surface area contributed by atoms with Crippen LogP contribution in [-0.4, -0.2) is 40.1 Å². The molecule has 0 aliphatic heterocycles.